The molecule has 0 saturated carbocycles. The quantitative estimate of drug-likeness (QED) is 0.651. The summed E-state index contributed by atoms with van der Waals surface area (Å²) in [7, 11) is 0. The van der Waals surface area contributed by atoms with Crippen LogP contribution in [0.2, 0.25) is 0 Å². The zero-order chi connectivity index (χ0) is 11.6. The number of carbonyl (C=O) groups is 2. The number of hydrogen-bond donors (Lipinski definition) is 0. The van der Waals surface area contributed by atoms with Crippen LogP contribution in [0.25, 0.3) is 0 Å². The smallest absolute Gasteiger partial charge is 0.182 e. The van der Waals surface area contributed by atoms with E-state index in [-0.39, 0.29) is 11.6 Å². The molecule has 0 aliphatic heterocycles. The van der Waals surface area contributed by atoms with Crippen molar-refractivity contribution in [2.24, 2.45) is 5.41 Å². The van der Waals surface area contributed by atoms with E-state index in [1.165, 1.54) is 0 Å². The summed E-state index contributed by atoms with van der Waals surface area (Å²) >= 11 is 0. The summed E-state index contributed by atoms with van der Waals surface area (Å²) < 4.78 is 0. The maximum atomic E-state index is 11.9. The fraction of sp³-hybridized carbons (Fsp3) is 0.538. The van der Waals surface area contributed by atoms with Crippen molar-refractivity contribution in [1.29, 1.82) is 0 Å². The molecule has 1 rings (SSSR count). The predicted molar refractivity (Wildman–Crippen MR) is 60.5 cm³/mol. The lowest BCUT2D eigenvalue weighted by Crippen LogP contribution is -2.34. The van der Waals surface area contributed by atoms with Gasteiger partial charge < -0.3 is 0 Å². The van der Waals surface area contributed by atoms with Gasteiger partial charge in [-0.05, 0) is 40.2 Å². The molecule has 0 bridgehead atoms. The van der Waals surface area contributed by atoms with E-state index in [1.807, 2.05) is 27.7 Å². The van der Waals surface area contributed by atoms with Crippen LogP contribution >= 0.6 is 0 Å². The summed E-state index contributed by atoms with van der Waals surface area (Å²) in [5, 5.41) is 0. The average Bonchev–Trinajstić information content (AvgIpc) is 2.12. The third-order valence-corrected chi connectivity index (χ3v) is 3.04. The second-order valence-electron chi connectivity index (χ2n) is 4.57. The largest absolute Gasteiger partial charge is 0.299 e. The van der Waals surface area contributed by atoms with Crippen molar-refractivity contribution in [3.05, 3.63) is 23.3 Å². The van der Waals surface area contributed by atoms with Crippen LogP contribution in [-0.2, 0) is 9.59 Å². The van der Waals surface area contributed by atoms with Crippen molar-refractivity contribution in [3.63, 3.8) is 0 Å². The first-order valence-corrected chi connectivity index (χ1v) is 5.31. The van der Waals surface area contributed by atoms with Crippen LogP contribution < -0.4 is 0 Å². The van der Waals surface area contributed by atoms with Gasteiger partial charge in [-0.1, -0.05) is 11.6 Å². The highest BCUT2D eigenvalue weighted by molar-refractivity contribution is 6.11. The maximum absolute atomic E-state index is 11.9. The van der Waals surface area contributed by atoms with Gasteiger partial charge >= 0.3 is 0 Å². The molecular weight excluding hydrogens is 188 g/mol. The van der Waals surface area contributed by atoms with E-state index >= 15 is 0 Å². The number of carbonyl (C=O) groups excluding carboxylic acids is 2. The third kappa shape index (κ3) is 2.09. The topological polar surface area (TPSA) is 34.1 Å². The van der Waals surface area contributed by atoms with E-state index in [0.29, 0.717) is 12.0 Å². The lowest BCUT2D eigenvalue weighted by atomic mass is 9.70. The van der Waals surface area contributed by atoms with Crippen LogP contribution in [0.3, 0.4) is 0 Å². The van der Waals surface area contributed by atoms with E-state index < -0.39 is 5.41 Å². The fourth-order valence-corrected chi connectivity index (χ4v) is 2.16. The average molecular weight is 206 g/mol. The van der Waals surface area contributed by atoms with Gasteiger partial charge in [0, 0.05) is 12.0 Å². The normalized spacial score (nSPS) is 21.2. The van der Waals surface area contributed by atoms with Gasteiger partial charge in [-0.25, -0.2) is 0 Å². The molecule has 0 aromatic rings. The summed E-state index contributed by atoms with van der Waals surface area (Å²) in [5.74, 6) is 0.147. The Morgan fingerprint density at radius 3 is 2.47 bits per heavy atom. The first kappa shape index (κ1) is 11.9. The minimum absolute atomic E-state index is 0.0203. The SMILES string of the molecule is CC=CC(=O)C1=C(C)CCC(=O)C1(C)C. The Kier molecular flexibility index (Phi) is 3.28. The molecule has 82 valence electrons. The number of hydrogen-bond acceptors (Lipinski definition) is 2. The highest BCUT2D eigenvalue weighted by Crippen LogP contribution is 2.38. The Labute approximate surface area is 91.1 Å². The minimum atomic E-state index is -0.612. The first-order valence-electron chi connectivity index (χ1n) is 5.31. The van der Waals surface area contributed by atoms with Gasteiger partial charge in [0.2, 0.25) is 0 Å². The standard InChI is InChI=1S/C13H18O2/c1-5-6-10(14)12-9(2)7-8-11(15)13(12,3)4/h5-6H,7-8H2,1-4H3. The molecule has 1 aliphatic carbocycles. The molecule has 15 heavy (non-hydrogen) atoms. The van der Waals surface area contributed by atoms with Crippen molar-refractivity contribution >= 4 is 11.6 Å². The van der Waals surface area contributed by atoms with Gasteiger partial charge in [-0.2, -0.15) is 0 Å². The molecule has 2 heteroatoms. The zero-order valence-electron chi connectivity index (χ0n) is 9.89. The van der Waals surface area contributed by atoms with Crippen LogP contribution in [0.1, 0.15) is 40.5 Å². The number of rotatable bonds is 2. The van der Waals surface area contributed by atoms with E-state index in [1.54, 1.807) is 12.2 Å². The molecule has 0 unspecified atom stereocenters. The number of ketones is 2. The van der Waals surface area contributed by atoms with E-state index in [9.17, 15) is 9.59 Å². The highest BCUT2D eigenvalue weighted by Gasteiger charge is 2.38. The van der Waals surface area contributed by atoms with Crippen LogP contribution in [0, 0.1) is 5.41 Å². The minimum Gasteiger partial charge on any atom is -0.299 e. The van der Waals surface area contributed by atoms with Crippen molar-refractivity contribution in [1.82, 2.24) is 0 Å². The Bertz CT molecular complexity index is 357. The Hall–Kier alpha value is -1.18. The van der Waals surface area contributed by atoms with Crippen LogP contribution in [-0.4, -0.2) is 11.6 Å². The molecule has 0 spiro atoms. The Balaban J connectivity index is 3.21. The van der Waals surface area contributed by atoms with Crippen molar-refractivity contribution in [2.45, 2.75) is 40.5 Å². The highest BCUT2D eigenvalue weighted by atomic mass is 16.1. The molecule has 0 N–H and O–H groups in total. The molecule has 0 amide bonds. The summed E-state index contributed by atoms with van der Waals surface area (Å²) in [6.45, 7) is 7.44. The molecule has 1 aliphatic rings. The van der Waals surface area contributed by atoms with Gasteiger partial charge in [0.05, 0.1) is 5.41 Å². The summed E-state index contributed by atoms with van der Waals surface area (Å²) in [4.78, 5) is 23.6. The Morgan fingerprint density at radius 2 is 1.93 bits per heavy atom. The molecule has 0 fully saturated rings. The van der Waals surface area contributed by atoms with Crippen LogP contribution in [0.5, 0.6) is 0 Å². The fourth-order valence-electron chi connectivity index (χ4n) is 2.16. The van der Waals surface area contributed by atoms with Crippen LogP contribution in [0.4, 0.5) is 0 Å². The van der Waals surface area contributed by atoms with Gasteiger partial charge in [0.1, 0.15) is 5.78 Å². The monoisotopic (exact) mass is 206 g/mol. The molecule has 0 radical (unpaired) electrons. The second kappa shape index (κ2) is 4.13. The van der Waals surface area contributed by atoms with E-state index in [0.717, 1.165) is 12.0 Å². The van der Waals surface area contributed by atoms with E-state index in [4.69, 9.17) is 0 Å². The second-order valence-corrected chi connectivity index (χ2v) is 4.57. The van der Waals surface area contributed by atoms with Gasteiger partial charge in [-0.15, -0.1) is 0 Å². The number of allylic oxidation sites excluding steroid dienone is 4. The molecule has 2 nitrogen and oxygen atoms in total. The van der Waals surface area contributed by atoms with Crippen molar-refractivity contribution < 1.29 is 9.59 Å². The third-order valence-electron chi connectivity index (χ3n) is 3.04. The molecule has 0 saturated heterocycles. The zero-order valence-corrected chi connectivity index (χ0v) is 9.89. The van der Waals surface area contributed by atoms with Gasteiger partial charge in [0.25, 0.3) is 0 Å². The predicted octanol–water partition coefficient (Wildman–Crippen LogP) is 2.84. The van der Waals surface area contributed by atoms with E-state index in [2.05, 4.69) is 0 Å². The summed E-state index contributed by atoms with van der Waals surface area (Å²) in [6, 6.07) is 0. The Morgan fingerprint density at radius 1 is 1.33 bits per heavy atom. The van der Waals surface area contributed by atoms with Gasteiger partial charge in [-0.3, -0.25) is 9.59 Å². The van der Waals surface area contributed by atoms with Crippen molar-refractivity contribution in [2.75, 3.05) is 0 Å². The van der Waals surface area contributed by atoms with Crippen LogP contribution in [0.15, 0.2) is 23.3 Å². The maximum Gasteiger partial charge on any atom is 0.182 e. The first-order chi connectivity index (χ1) is 6.91. The summed E-state index contributed by atoms with van der Waals surface area (Å²) in [6.07, 6.45) is 4.54. The lowest BCUT2D eigenvalue weighted by Gasteiger charge is -2.31. The summed E-state index contributed by atoms with van der Waals surface area (Å²) in [5.41, 5.74) is 1.14. The molecule has 0 heterocycles. The number of Topliss-reactive ketones (excluding diaryl/α,β-unsaturated/α-hetero) is 1. The molecule has 0 aromatic carbocycles. The van der Waals surface area contributed by atoms with Crippen molar-refractivity contribution in [3.8, 4) is 0 Å². The lowest BCUT2D eigenvalue weighted by molar-refractivity contribution is -0.128. The van der Waals surface area contributed by atoms with Gasteiger partial charge in [0.15, 0.2) is 5.78 Å². The molecule has 0 aromatic heterocycles. The molecule has 0 atom stereocenters. The molecular formula is C13H18O2.